The average molecular weight is 323 g/mol. The molecule has 0 aromatic heterocycles. The van der Waals surface area contributed by atoms with Gasteiger partial charge in [-0.3, -0.25) is 4.79 Å². The molecule has 0 amide bonds. The number of unbranched alkanes of at least 4 members (excludes halogenated alkanes) is 6. The predicted octanol–water partition coefficient (Wildman–Crippen LogP) is 5.79. The van der Waals surface area contributed by atoms with E-state index >= 15 is 0 Å². The highest BCUT2D eigenvalue weighted by Gasteiger charge is 2.08. The monoisotopic (exact) mass is 323 g/mol. The number of ketones is 1. The van der Waals surface area contributed by atoms with Crippen molar-refractivity contribution >= 4 is 11.5 Å². The van der Waals surface area contributed by atoms with E-state index in [0.29, 0.717) is 11.3 Å². The van der Waals surface area contributed by atoms with E-state index in [1.165, 1.54) is 50.5 Å². The quantitative estimate of drug-likeness (QED) is 0.341. The number of hydrogen-bond acceptors (Lipinski definition) is 2. The Balaban J connectivity index is 1.78. The molecule has 0 unspecified atom stereocenters. The van der Waals surface area contributed by atoms with Crippen LogP contribution in [0, 0.1) is 0 Å². The number of hydrogen-bond donors (Lipinski definition) is 1. The Kier molecular flexibility index (Phi) is 7.54. The maximum absolute atomic E-state index is 12.4. The van der Waals surface area contributed by atoms with Crippen molar-refractivity contribution in [2.24, 2.45) is 0 Å². The van der Waals surface area contributed by atoms with Crippen molar-refractivity contribution < 1.29 is 4.79 Å². The Bertz CT molecular complexity index is 613. The second-order valence-electron chi connectivity index (χ2n) is 6.52. The van der Waals surface area contributed by atoms with Gasteiger partial charge in [0.2, 0.25) is 0 Å². The smallest absolute Gasteiger partial charge is 0.193 e. The highest BCUT2D eigenvalue weighted by molar-refractivity contribution is 6.09. The number of benzene rings is 2. The summed E-state index contributed by atoms with van der Waals surface area (Å²) in [4.78, 5) is 12.4. The molecule has 0 saturated heterocycles. The maximum atomic E-state index is 12.4. The summed E-state index contributed by atoms with van der Waals surface area (Å²) in [5.41, 5.74) is 9.08. The fourth-order valence-corrected chi connectivity index (χ4v) is 2.91. The van der Waals surface area contributed by atoms with Gasteiger partial charge in [-0.1, -0.05) is 69.7 Å². The Morgan fingerprint density at radius 1 is 0.750 bits per heavy atom. The molecule has 0 bridgehead atoms. The molecule has 0 saturated carbocycles. The molecule has 128 valence electrons. The van der Waals surface area contributed by atoms with Crippen LogP contribution in [0.3, 0.4) is 0 Å². The van der Waals surface area contributed by atoms with Crippen LogP contribution in [0.2, 0.25) is 0 Å². The van der Waals surface area contributed by atoms with Crippen LogP contribution in [0.5, 0.6) is 0 Å². The predicted molar refractivity (Wildman–Crippen MR) is 102 cm³/mol. The molecule has 2 heteroatoms. The highest BCUT2D eigenvalue weighted by Crippen LogP contribution is 2.15. The number of carbonyl (C=O) groups excluding carboxylic acids is 1. The summed E-state index contributed by atoms with van der Waals surface area (Å²) in [7, 11) is 0. The normalized spacial score (nSPS) is 10.7. The van der Waals surface area contributed by atoms with Gasteiger partial charge in [0, 0.05) is 16.8 Å². The zero-order valence-corrected chi connectivity index (χ0v) is 14.8. The Labute approximate surface area is 146 Å². The van der Waals surface area contributed by atoms with E-state index < -0.39 is 0 Å². The van der Waals surface area contributed by atoms with E-state index in [2.05, 4.69) is 19.1 Å². The van der Waals surface area contributed by atoms with Crippen molar-refractivity contribution in [2.75, 3.05) is 5.73 Å². The summed E-state index contributed by atoms with van der Waals surface area (Å²) in [5.74, 6) is 0.0532. The largest absolute Gasteiger partial charge is 0.399 e. The third-order valence-corrected chi connectivity index (χ3v) is 4.46. The van der Waals surface area contributed by atoms with E-state index in [4.69, 9.17) is 5.73 Å². The second-order valence-corrected chi connectivity index (χ2v) is 6.52. The van der Waals surface area contributed by atoms with Crippen molar-refractivity contribution in [3.8, 4) is 0 Å². The first-order chi connectivity index (χ1) is 11.7. The first-order valence-corrected chi connectivity index (χ1v) is 9.20. The number of anilines is 1. The molecule has 24 heavy (non-hydrogen) atoms. The van der Waals surface area contributed by atoms with Gasteiger partial charge in [0.1, 0.15) is 0 Å². The lowest BCUT2D eigenvalue weighted by Gasteiger charge is -2.05. The molecule has 0 atom stereocenters. The molecule has 2 aromatic carbocycles. The Morgan fingerprint density at radius 3 is 1.83 bits per heavy atom. The van der Waals surface area contributed by atoms with Gasteiger partial charge < -0.3 is 5.73 Å². The van der Waals surface area contributed by atoms with Gasteiger partial charge >= 0.3 is 0 Å². The zero-order valence-electron chi connectivity index (χ0n) is 14.8. The van der Waals surface area contributed by atoms with Crippen molar-refractivity contribution in [1.29, 1.82) is 0 Å². The lowest BCUT2D eigenvalue weighted by atomic mass is 9.99. The van der Waals surface area contributed by atoms with Crippen LogP contribution >= 0.6 is 0 Å². The van der Waals surface area contributed by atoms with Gasteiger partial charge in [-0.2, -0.15) is 0 Å². The summed E-state index contributed by atoms with van der Waals surface area (Å²) in [6.07, 6.45) is 10.4. The molecule has 2 nitrogen and oxygen atoms in total. The molecule has 0 radical (unpaired) electrons. The molecule has 0 aliphatic carbocycles. The van der Waals surface area contributed by atoms with Crippen molar-refractivity contribution in [2.45, 2.75) is 58.3 Å². The van der Waals surface area contributed by atoms with Crippen LogP contribution in [-0.2, 0) is 6.42 Å². The summed E-state index contributed by atoms with van der Waals surface area (Å²) < 4.78 is 0. The average Bonchev–Trinajstić information content (AvgIpc) is 2.61. The van der Waals surface area contributed by atoms with Crippen LogP contribution in [0.4, 0.5) is 5.69 Å². The Morgan fingerprint density at radius 2 is 1.25 bits per heavy atom. The minimum Gasteiger partial charge on any atom is -0.399 e. The summed E-state index contributed by atoms with van der Waals surface area (Å²) in [6, 6.07) is 15.1. The summed E-state index contributed by atoms with van der Waals surface area (Å²) in [6.45, 7) is 2.25. The minimum atomic E-state index is 0.0532. The molecule has 0 heterocycles. The maximum Gasteiger partial charge on any atom is 0.193 e. The molecule has 0 fully saturated rings. The number of nitrogens with two attached hydrogens (primary N) is 1. The van der Waals surface area contributed by atoms with Crippen molar-refractivity contribution in [1.82, 2.24) is 0 Å². The molecule has 0 aliphatic rings. The zero-order chi connectivity index (χ0) is 17.2. The summed E-state index contributed by atoms with van der Waals surface area (Å²) >= 11 is 0. The van der Waals surface area contributed by atoms with Gasteiger partial charge in [0.15, 0.2) is 5.78 Å². The molecular weight excluding hydrogens is 294 g/mol. The van der Waals surface area contributed by atoms with Gasteiger partial charge in [0.25, 0.3) is 0 Å². The molecular formula is C22H29NO. The first-order valence-electron chi connectivity index (χ1n) is 9.20. The van der Waals surface area contributed by atoms with Crippen LogP contribution in [-0.4, -0.2) is 5.78 Å². The van der Waals surface area contributed by atoms with Gasteiger partial charge in [-0.05, 0) is 42.7 Å². The third-order valence-electron chi connectivity index (χ3n) is 4.46. The standard InChI is InChI=1S/C22H29NO/c1-2-3-4-5-6-7-8-9-18-10-12-19(13-11-18)22(24)20-14-16-21(23)17-15-20/h10-17H,2-9,23H2,1H3. The molecule has 0 spiro atoms. The number of carbonyl (C=O) groups is 1. The van der Waals surface area contributed by atoms with Gasteiger partial charge in [0.05, 0.1) is 0 Å². The van der Waals surface area contributed by atoms with E-state index in [9.17, 15) is 4.79 Å². The molecule has 2 aromatic rings. The topological polar surface area (TPSA) is 43.1 Å². The van der Waals surface area contributed by atoms with Crippen LogP contribution in [0.15, 0.2) is 48.5 Å². The van der Waals surface area contributed by atoms with Crippen molar-refractivity contribution in [3.63, 3.8) is 0 Å². The minimum absolute atomic E-state index is 0.0532. The van der Waals surface area contributed by atoms with Crippen LogP contribution in [0.25, 0.3) is 0 Å². The molecule has 0 aliphatic heterocycles. The van der Waals surface area contributed by atoms with E-state index in [0.717, 1.165) is 12.0 Å². The van der Waals surface area contributed by atoms with Gasteiger partial charge in [-0.15, -0.1) is 0 Å². The number of nitrogen functional groups attached to an aromatic ring is 1. The molecule has 2 rings (SSSR count). The fraction of sp³-hybridized carbons (Fsp3) is 0.409. The summed E-state index contributed by atoms with van der Waals surface area (Å²) in [5, 5.41) is 0. The van der Waals surface area contributed by atoms with Crippen molar-refractivity contribution in [3.05, 3.63) is 65.2 Å². The van der Waals surface area contributed by atoms with Crippen LogP contribution in [0.1, 0.15) is 73.4 Å². The lowest BCUT2D eigenvalue weighted by molar-refractivity contribution is 0.103. The van der Waals surface area contributed by atoms with Gasteiger partial charge in [-0.25, -0.2) is 0 Å². The number of aryl methyl sites for hydroxylation is 1. The van der Waals surface area contributed by atoms with E-state index in [1.54, 1.807) is 24.3 Å². The van der Waals surface area contributed by atoms with Crippen LogP contribution < -0.4 is 5.73 Å². The third kappa shape index (κ3) is 5.84. The lowest BCUT2D eigenvalue weighted by Crippen LogP contribution is -2.01. The van der Waals surface area contributed by atoms with E-state index in [1.807, 2.05) is 12.1 Å². The second kappa shape index (κ2) is 9.92. The number of rotatable bonds is 10. The first kappa shape index (κ1) is 18.3. The van der Waals surface area contributed by atoms with E-state index in [-0.39, 0.29) is 5.78 Å². The SMILES string of the molecule is CCCCCCCCCc1ccc(C(=O)c2ccc(N)cc2)cc1. The molecule has 2 N–H and O–H groups in total. The fourth-order valence-electron chi connectivity index (χ4n) is 2.91. The highest BCUT2D eigenvalue weighted by atomic mass is 16.1. The Hall–Kier alpha value is -2.09.